The molecule has 1 fully saturated rings. The van der Waals surface area contributed by atoms with Gasteiger partial charge in [0, 0.05) is 0 Å². The summed E-state index contributed by atoms with van der Waals surface area (Å²) >= 11 is 0. The van der Waals surface area contributed by atoms with Gasteiger partial charge in [-0.15, -0.1) is 0 Å². The van der Waals surface area contributed by atoms with E-state index in [0.717, 1.165) is 5.47 Å². The second-order valence-corrected chi connectivity index (χ2v) is 5.98. The molecular formula is C16H31BO2. The van der Waals surface area contributed by atoms with E-state index in [0.29, 0.717) is 5.92 Å². The van der Waals surface area contributed by atoms with Gasteiger partial charge >= 0.3 is 7.12 Å². The molecule has 0 bridgehead atoms. The monoisotopic (exact) mass is 266 g/mol. The van der Waals surface area contributed by atoms with Crippen LogP contribution in [0, 0.1) is 5.92 Å². The molecule has 1 saturated heterocycles. The average molecular weight is 266 g/mol. The predicted molar refractivity (Wildman–Crippen MR) is 85.2 cm³/mol. The van der Waals surface area contributed by atoms with Crippen molar-refractivity contribution < 1.29 is 9.31 Å². The highest BCUT2D eigenvalue weighted by Gasteiger charge is 2.51. The summed E-state index contributed by atoms with van der Waals surface area (Å²) in [5.74, 6) is 0.535. The van der Waals surface area contributed by atoms with Crippen molar-refractivity contribution in [2.75, 3.05) is 0 Å². The Hall–Kier alpha value is -0.535. The van der Waals surface area contributed by atoms with Crippen molar-refractivity contribution in [1.82, 2.24) is 0 Å². The van der Waals surface area contributed by atoms with Crippen molar-refractivity contribution in [3.63, 3.8) is 0 Å². The van der Waals surface area contributed by atoms with Crippen LogP contribution in [0.15, 0.2) is 23.7 Å². The van der Waals surface area contributed by atoms with E-state index in [-0.39, 0.29) is 18.3 Å². The van der Waals surface area contributed by atoms with Gasteiger partial charge in [0.2, 0.25) is 0 Å². The van der Waals surface area contributed by atoms with Crippen molar-refractivity contribution in [1.29, 1.82) is 0 Å². The molecule has 1 aliphatic heterocycles. The fourth-order valence-electron chi connectivity index (χ4n) is 1.59. The van der Waals surface area contributed by atoms with Crippen molar-refractivity contribution in [2.24, 2.45) is 5.92 Å². The zero-order valence-corrected chi connectivity index (χ0v) is 14.2. The first-order chi connectivity index (χ1) is 8.69. The molecule has 0 unspecified atom stereocenters. The van der Waals surface area contributed by atoms with Gasteiger partial charge in [-0.05, 0) is 46.0 Å². The van der Waals surface area contributed by atoms with Gasteiger partial charge in [0.25, 0.3) is 0 Å². The van der Waals surface area contributed by atoms with Crippen LogP contribution in [0.1, 0.15) is 62.3 Å². The van der Waals surface area contributed by atoms with Gasteiger partial charge in [-0.1, -0.05) is 45.9 Å². The summed E-state index contributed by atoms with van der Waals surface area (Å²) < 4.78 is 12.0. The first-order valence-corrected chi connectivity index (χ1v) is 7.39. The second-order valence-electron chi connectivity index (χ2n) is 5.98. The molecule has 0 aliphatic carbocycles. The highest BCUT2D eigenvalue weighted by molar-refractivity contribution is 6.55. The lowest BCUT2D eigenvalue weighted by molar-refractivity contribution is 0.00578. The van der Waals surface area contributed by atoms with Crippen LogP contribution in [-0.2, 0) is 9.31 Å². The molecule has 0 aromatic heterocycles. The number of hydrogen-bond acceptors (Lipinski definition) is 2. The van der Waals surface area contributed by atoms with E-state index in [9.17, 15) is 0 Å². The summed E-state index contributed by atoms with van der Waals surface area (Å²) in [6, 6.07) is 0. The molecule has 2 nitrogen and oxygen atoms in total. The van der Waals surface area contributed by atoms with Gasteiger partial charge in [0.15, 0.2) is 0 Å². The Kier molecular flexibility index (Phi) is 7.10. The van der Waals surface area contributed by atoms with Crippen LogP contribution in [0.3, 0.4) is 0 Å². The van der Waals surface area contributed by atoms with Crippen molar-refractivity contribution in [3.8, 4) is 0 Å². The topological polar surface area (TPSA) is 18.5 Å². The number of rotatable bonds is 3. The van der Waals surface area contributed by atoms with Gasteiger partial charge in [0.05, 0.1) is 11.2 Å². The quantitative estimate of drug-likeness (QED) is 0.539. The molecule has 110 valence electrons. The number of hydrogen-bond donors (Lipinski definition) is 0. The fraction of sp³-hybridized carbons (Fsp3) is 0.750. The Labute approximate surface area is 120 Å². The molecule has 3 heteroatoms. The smallest absolute Gasteiger partial charge is 0.399 e. The first kappa shape index (κ1) is 18.5. The van der Waals surface area contributed by atoms with Crippen LogP contribution >= 0.6 is 0 Å². The molecule has 0 aromatic carbocycles. The lowest BCUT2D eigenvalue weighted by Gasteiger charge is -2.32. The third-order valence-electron chi connectivity index (χ3n) is 3.53. The summed E-state index contributed by atoms with van der Waals surface area (Å²) in [4.78, 5) is 0. The first-order valence-electron chi connectivity index (χ1n) is 7.39. The van der Waals surface area contributed by atoms with Gasteiger partial charge in [-0.25, -0.2) is 0 Å². The van der Waals surface area contributed by atoms with E-state index in [1.165, 1.54) is 0 Å². The minimum atomic E-state index is -0.266. The Balaban J connectivity index is 0.00000154. The van der Waals surface area contributed by atoms with E-state index in [2.05, 4.69) is 59.8 Å². The van der Waals surface area contributed by atoms with Gasteiger partial charge in [-0.2, -0.15) is 0 Å². The minimum absolute atomic E-state index is 0.250. The van der Waals surface area contributed by atoms with Crippen LogP contribution in [0.4, 0.5) is 0 Å². The van der Waals surface area contributed by atoms with Crippen LogP contribution in [0.2, 0.25) is 0 Å². The van der Waals surface area contributed by atoms with E-state index in [1.54, 1.807) is 0 Å². The van der Waals surface area contributed by atoms with E-state index < -0.39 is 0 Å². The standard InChI is InChI=1S/C14H25BO2.C2H6/c1-8-12(10-9-11(2)3)15-16-13(4,5)14(6,7)17-15;1-2/h8-11H,1-7H3;1-2H3/b10-9-,12-8+;. The van der Waals surface area contributed by atoms with Gasteiger partial charge in [0.1, 0.15) is 0 Å². The summed E-state index contributed by atoms with van der Waals surface area (Å²) in [5.41, 5.74) is 0.562. The Morgan fingerprint density at radius 1 is 1.00 bits per heavy atom. The average Bonchev–Trinajstić information content (AvgIpc) is 2.51. The molecule has 1 aliphatic rings. The maximum atomic E-state index is 6.01. The maximum absolute atomic E-state index is 6.01. The fourth-order valence-corrected chi connectivity index (χ4v) is 1.59. The highest BCUT2D eigenvalue weighted by Crippen LogP contribution is 2.38. The van der Waals surface area contributed by atoms with Gasteiger partial charge in [-0.3, -0.25) is 0 Å². The summed E-state index contributed by atoms with van der Waals surface area (Å²) in [5, 5.41) is 0. The highest BCUT2D eigenvalue weighted by atomic mass is 16.7. The summed E-state index contributed by atoms with van der Waals surface area (Å²) in [7, 11) is -0.250. The number of allylic oxidation sites excluding steroid dienone is 4. The largest absolute Gasteiger partial charge is 0.494 e. The van der Waals surface area contributed by atoms with Crippen LogP contribution in [-0.4, -0.2) is 18.3 Å². The minimum Gasteiger partial charge on any atom is -0.399 e. The normalized spacial score (nSPS) is 21.8. The molecule has 0 saturated carbocycles. The third kappa shape index (κ3) is 4.81. The Morgan fingerprint density at radius 3 is 1.74 bits per heavy atom. The Morgan fingerprint density at radius 2 is 1.42 bits per heavy atom. The predicted octanol–water partition coefficient (Wildman–Crippen LogP) is 4.80. The molecule has 0 spiro atoms. The van der Waals surface area contributed by atoms with Gasteiger partial charge < -0.3 is 9.31 Å². The molecule has 19 heavy (non-hydrogen) atoms. The third-order valence-corrected chi connectivity index (χ3v) is 3.53. The second kappa shape index (κ2) is 7.30. The van der Waals surface area contributed by atoms with E-state index in [1.807, 2.05) is 20.8 Å². The molecular weight excluding hydrogens is 235 g/mol. The van der Waals surface area contributed by atoms with Crippen LogP contribution < -0.4 is 0 Å². The molecule has 0 N–H and O–H groups in total. The maximum Gasteiger partial charge on any atom is 0.494 e. The SMILES string of the molecule is C/C=C(\C=C/C(C)C)B1OC(C)(C)C(C)(C)O1.CC. The van der Waals surface area contributed by atoms with E-state index in [4.69, 9.17) is 9.31 Å². The summed E-state index contributed by atoms with van der Waals surface area (Å²) in [6.07, 6.45) is 6.33. The van der Waals surface area contributed by atoms with Crippen molar-refractivity contribution in [3.05, 3.63) is 23.7 Å². The van der Waals surface area contributed by atoms with Crippen LogP contribution in [0.5, 0.6) is 0 Å². The zero-order chi connectivity index (χ0) is 15.3. The zero-order valence-electron chi connectivity index (χ0n) is 14.2. The lowest BCUT2D eigenvalue weighted by atomic mass is 9.77. The van der Waals surface area contributed by atoms with Crippen molar-refractivity contribution in [2.45, 2.75) is 73.5 Å². The molecule has 1 rings (SSSR count). The lowest BCUT2D eigenvalue weighted by Crippen LogP contribution is -2.41. The molecule has 1 heterocycles. The van der Waals surface area contributed by atoms with Crippen molar-refractivity contribution >= 4 is 7.12 Å². The Bertz CT molecular complexity index is 312. The molecule has 0 amide bonds. The van der Waals surface area contributed by atoms with E-state index >= 15 is 0 Å². The molecule has 0 aromatic rings. The van der Waals surface area contributed by atoms with Crippen LogP contribution in [0.25, 0.3) is 0 Å². The molecule has 0 atom stereocenters. The molecule has 0 radical (unpaired) electrons. The summed E-state index contributed by atoms with van der Waals surface area (Å²) in [6.45, 7) is 18.6.